The zero-order chi connectivity index (χ0) is 11.3. The second kappa shape index (κ2) is 5.39. The zero-order valence-corrected chi connectivity index (χ0v) is 9.19. The van der Waals surface area contributed by atoms with Crippen LogP contribution in [0.5, 0.6) is 0 Å². The Hall–Kier alpha value is -1.51. The highest BCUT2D eigenvalue weighted by atomic mass is 16.1. The van der Waals surface area contributed by atoms with Gasteiger partial charge in [-0.15, -0.1) is 0 Å². The van der Waals surface area contributed by atoms with E-state index in [9.17, 15) is 9.59 Å². The van der Waals surface area contributed by atoms with Crippen molar-refractivity contribution in [2.45, 2.75) is 33.2 Å². The first kappa shape index (κ1) is 11.6. The van der Waals surface area contributed by atoms with Gasteiger partial charge in [0.25, 0.3) is 0 Å². The third kappa shape index (κ3) is 3.62. The molecule has 0 spiro atoms. The van der Waals surface area contributed by atoms with E-state index < -0.39 is 0 Å². The molecule has 0 aliphatic heterocycles. The summed E-state index contributed by atoms with van der Waals surface area (Å²) in [4.78, 5) is 22.3. The predicted molar refractivity (Wildman–Crippen MR) is 56.6 cm³/mol. The van der Waals surface area contributed by atoms with E-state index in [1.54, 1.807) is 12.1 Å². The standard InChI is InChI=1S/C12H16NO2/c1-3-6-13-7-4-11(5-8-13)12(15)9-10(2)14/h4-5,7-8H,3,6,9H2,1-2H3/q+1. The molecule has 0 fully saturated rings. The summed E-state index contributed by atoms with van der Waals surface area (Å²) in [5.41, 5.74) is 0.609. The van der Waals surface area contributed by atoms with Crippen molar-refractivity contribution in [3.8, 4) is 0 Å². The van der Waals surface area contributed by atoms with Gasteiger partial charge in [0.15, 0.2) is 18.2 Å². The summed E-state index contributed by atoms with van der Waals surface area (Å²) in [6, 6.07) is 3.53. The Bertz CT molecular complexity index is 354. The number of hydrogen-bond donors (Lipinski definition) is 0. The van der Waals surface area contributed by atoms with Gasteiger partial charge in [0, 0.05) is 24.1 Å². The molecule has 0 aliphatic rings. The molecular weight excluding hydrogens is 190 g/mol. The minimum atomic E-state index is -0.105. The fraction of sp³-hybridized carbons (Fsp3) is 0.417. The Morgan fingerprint density at radius 3 is 2.33 bits per heavy atom. The van der Waals surface area contributed by atoms with Gasteiger partial charge in [-0.1, -0.05) is 6.92 Å². The third-order valence-corrected chi connectivity index (χ3v) is 2.10. The highest BCUT2D eigenvalue weighted by Crippen LogP contribution is 2.01. The minimum Gasteiger partial charge on any atom is -0.300 e. The molecule has 0 radical (unpaired) electrons. The maximum Gasteiger partial charge on any atom is 0.170 e. The summed E-state index contributed by atoms with van der Waals surface area (Å²) < 4.78 is 2.02. The van der Waals surface area contributed by atoms with Gasteiger partial charge >= 0.3 is 0 Å². The van der Waals surface area contributed by atoms with Crippen molar-refractivity contribution in [2.24, 2.45) is 0 Å². The van der Waals surface area contributed by atoms with Gasteiger partial charge < -0.3 is 0 Å². The first-order valence-electron chi connectivity index (χ1n) is 5.15. The van der Waals surface area contributed by atoms with Crippen LogP contribution in [0.1, 0.15) is 37.0 Å². The molecule has 80 valence electrons. The van der Waals surface area contributed by atoms with Crippen LogP contribution in [-0.2, 0) is 11.3 Å². The predicted octanol–water partition coefficient (Wildman–Crippen LogP) is 1.55. The van der Waals surface area contributed by atoms with Crippen LogP contribution in [0.2, 0.25) is 0 Å². The van der Waals surface area contributed by atoms with Gasteiger partial charge in [0.05, 0.1) is 6.42 Å². The number of ketones is 2. The van der Waals surface area contributed by atoms with E-state index in [4.69, 9.17) is 0 Å². The number of aromatic nitrogens is 1. The molecule has 1 aromatic rings. The first-order chi connectivity index (χ1) is 7.13. The van der Waals surface area contributed by atoms with Crippen LogP contribution in [0.4, 0.5) is 0 Å². The van der Waals surface area contributed by atoms with Gasteiger partial charge in [-0.2, -0.15) is 0 Å². The SMILES string of the molecule is CCC[n+]1ccc(C(=O)CC(C)=O)cc1. The Kier molecular flexibility index (Phi) is 4.16. The van der Waals surface area contributed by atoms with E-state index in [1.807, 2.05) is 17.0 Å². The lowest BCUT2D eigenvalue weighted by Crippen LogP contribution is -2.32. The molecule has 0 atom stereocenters. The fourth-order valence-electron chi connectivity index (χ4n) is 1.38. The summed E-state index contributed by atoms with van der Waals surface area (Å²) in [7, 11) is 0. The van der Waals surface area contributed by atoms with Gasteiger partial charge in [-0.05, 0) is 6.92 Å². The van der Waals surface area contributed by atoms with Crippen LogP contribution in [0.3, 0.4) is 0 Å². The topological polar surface area (TPSA) is 38.0 Å². The molecule has 0 aliphatic carbocycles. The molecule has 0 amide bonds. The summed E-state index contributed by atoms with van der Waals surface area (Å²) >= 11 is 0. The van der Waals surface area contributed by atoms with Crippen molar-refractivity contribution in [2.75, 3.05) is 0 Å². The monoisotopic (exact) mass is 206 g/mol. The van der Waals surface area contributed by atoms with Crippen molar-refractivity contribution < 1.29 is 14.2 Å². The summed E-state index contributed by atoms with van der Waals surface area (Å²) in [6.45, 7) is 4.47. The largest absolute Gasteiger partial charge is 0.300 e. The van der Waals surface area contributed by atoms with Crippen molar-refractivity contribution in [3.63, 3.8) is 0 Å². The second-order valence-corrected chi connectivity index (χ2v) is 3.63. The van der Waals surface area contributed by atoms with E-state index in [1.165, 1.54) is 6.92 Å². The summed E-state index contributed by atoms with van der Waals surface area (Å²) in [6.07, 6.45) is 4.80. The molecule has 15 heavy (non-hydrogen) atoms. The van der Waals surface area contributed by atoms with E-state index in [0.29, 0.717) is 5.56 Å². The second-order valence-electron chi connectivity index (χ2n) is 3.63. The summed E-state index contributed by atoms with van der Waals surface area (Å²) in [5, 5.41) is 0. The Labute approximate surface area is 89.7 Å². The minimum absolute atomic E-state index is 0.00219. The van der Waals surface area contributed by atoms with Crippen LogP contribution in [0, 0.1) is 0 Å². The van der Waals surface area contributed by atoms with Gasteiger partial charge in [0.1, 0.15) is 12.3 Å². The van der Waals surface area contributed by atoms with Crippen molar-refractivity contribution in [1.82, 2.24) is 0 Å². The quantitative estimate of drug-likeness (QED) is 0.416. The molecule has 0 saturated heterocycles. The number of carbonyl (C=O) groups is 2. The maximum atomic E-state index is 11.5. The molecule has 0 unspecified atom stereocenters. The highest BCUT2D eigenvalue weighted by molar-refractivity contribution is 6.07. The number of aryl methyl sites for hydroxylation is 1. The lowest BCUT2D eigenvalue weighted by Gasteiger charge is -1.97. The van der Waals surface area contributed by atoms with Crippen LogP contribution in [0.15, 0.2) is 24.5 Å². The average Bonchev–Trinajstić information content (AvgIpc) is 2.18. The van der Waals surface area contributed by atoms with Crippen LogP contribution in [-0.4, -0.2) is 11.6 Å². The number of rotatable bonds is 5. The van der Waals surface area contributed by atoms with Crippen molar-refractivity contribution >= 4 is 11.6 Å². The number of pyridine rings is 1. The number of nitrogens with zero attached hydrogens (tertiary/aromatic N) is 1. The number of carbonyl (C=O) groups excluding carboxylic acids is 2. The number of Topliss-reactive ketones (excluding diaryl/α,β-unsaturated/α-hetero) is 2. The number of hydrogen-bond acceptors (Lipinski definition) is 2. The van der Waals surface area contributed by atoms with E-state index in [0.717, 1.165) is 13.0 Å². The highest BCUT2D eigenvalue weighted by Gasteiger charge is 2.09. The van der Waals surface area contributed by atoms with Crippen LogP contribution in [0.25, 0.3) is 0 Å². The van der Waals surface area contributed by atoms with E-state index >= 15 is 0 Å². The Balaban J connectivity index is 2.71. The normalized spacial score (nSPS) is 10.0. The molecule has 3 nitrogen and oxygen atoms in total. The molecular formula is C12H16NO2+. The van der Waals surface area contributed by atoms with Crippen molar-refractivity contribution in [3.05, 3.63) is 30.1 Å². The molecule has 0 bridgehead atoms. The first-order valence-corrected chi connectivity index (χ1v) is 5.15. The van der Waals surface area contributed by atoms with Gasteiger partial charge in [-0.3, -0.25) is 9.59 Å². The molecule has 1 aromatic heterocycles. The molecule has 3 heteroatoms. The summed E-state index contributed by atoms with van der Waals surface area (Å²) in [5.74, 6) is -0.198. The van der Waals surface area contributed by atoms with Crippen LogP contribution >= 0.6 is 0 Å². The molecule has 0 N–H and O–H groups in total. The van der Waals surface area contributed by atoms with Gasteiger partial charge in [0.2, 0.25) is 0 Å². The molecule has 1 rings (SSSR count). The molecule has 0 aromatic carbocycles. The zero-order valence-electron chi connectivity index (χ0n) is 9.19. The fourth-order valence-corrected chi connectivity index (χ4v) is 1.38. The van der Waals surface area contributed by atoms with E-state index in [-0.39, 0.29) is 18.0 Å². The lowest BCUT2D eigenvalue weighted by atomic mass is 10.1. The molecule has 1 heterocycles. The Morgan fingerprint density at radius 2 is 1.87 bits per heavy atom. The molecule has 0 saturated carbocycles. The average molecular weight is 206 g/mol. The van der Waals surface area contributed by atoms with Crippen LogP contribution < -0.4 is 4.57 Å². The van der Waals surface area contributed by atoms with Crippen molar-refractivity contribution in [1.29, 1.82) is 0 Å². The van der Waals surface area contributed by atoms with E-state index in [2.05, 4.69) is 6.92 Å². The smallest absolute Gasteiger partial charge is 0.170 e. The third-order valence-electron chi connectivity index (χ3n) is 2.10. The van der Waals surface area contributed by atoms with Gasteiger partial charge in [-0.25, -0.2) is 4.57 Å². The maximum absolute atomic E-state index is 11.5. The Morgan fingerprint density at radius 1 is 1.27 bits per heavy atom. The lowest BCUT2D eigenvalue weighted by molar-refractivity contribution is -0.697.